The van der Waals surface area contributed by atoms with E-state index in [9.17, 15) is 9.90 Å². The fourth-order valence-corrected chi connectivity index (χ4v) is 1.10. The molecule has 0 fully saturated rings. The minimum atomic E-state index is -1.13. The summed E-state index contributed by atoms with van der Waals surface area (Å²) in [4.78, 5) is 15.1. The summed E-state index contributed by atoms with van der Waals surface area (Å²) in [6.07, 6.45) is 0.390. The molecule has 1 heterocycles. The summed E-state index contributed by atoms with van der Waals surface area (Å²) >= 11 is 0. The number of nitrogens with zero attached hydrogens (tertiary/aromatic N) is 1. The normalized spacial score (nSPS) is 14.3. The predicted octanol–water partition coefficient (Wildman–Crippen LogP) is 0.00540. The molecule has 0 unspecified atom stereocenters. The lowest BCUT2D eigenvalue weighted by molar-refractivity contribution is -0.147. The largest absolute Gasteiger partial charge is 0.465 e. The second-order valence-corrected chi connectivity index (χ2v) is 2.98. The fourth-order valence-electron chi connectivity index (χ4n) is 1.10. The molecule has 0 radical (unpaired) electrons. The molecule has 0 spiro atoms. The number of aliphatic hydroxyl groups excluding tert-OH is 1. The Kier molecular flexibility index (Phi) is 4.20. The van der Waals surface area contributed by atoms with Gasteiger partial charge in [0.25, 0.3) is 0 Å². The van der Waals surface area contributed by atoms with Crippen molar-refractivity contribution in [3.63, 3.8) is 0 Å². The van der Waals surface area contributed by atoms with Gasteiger partial charge in [0.15, 0.2) is 0 Å². The van der Waals surface area contributed by atoms with Crippen LogP contribution in [0.5, 0.6) is 0 Å². The lowest BCUT2D eigenvalue weighted by atomic mass is 10.1. The summed E-state index contributed by atoms with van der Waals surface area (Å²) in [6, 6.07) is 3.93. The maximum absolute atomic E-state index is 11.2. The Morgan fingerprint density at radius 3 is 2.93 bits per heavy atom. The van der Waals surface area contributed by atoms with Crippen molar-refractivity contribution >= 4 is 5.97 Å². The van der Waals surface area contributed by atoms with Crippen molar-refractivity contribution in [3.8, 4) is 0 Å². The standard InChI is InChI=1S/C10H14N2O3/c1-2-15-10(14)8(11)9(13)7-5-3-4-6-12-7/h3-6,8-9,13H,2,11H2,1H3/t8-,9-/m1/s1. The SMILES string of the molecule is CCOC(=O)[C@H](N)[C@H](O)c1ccccn1. The molecule has 0 aliphatic rings. The second-order valence-electron chi connectivity index (χ2n) is 2.98. The van der Waals surface area contributed by atoms with Crippen LogP contribution >= 0.6 is 0 Å². The van der Waals surface area contributed by atoms with Crippen LogP contribution in [0.1, 0.15) is 18.7 Å². The first kappa shape index (κ1) is 11.6. The number of esters is 1. The van der Waals surface area contributed by atoms with Gasteiger partial charge in [0, 0.05) is 6.20 Å². The molecule has 0 bridgehead atoms. The van der Waals surface area contributed by atoms with Gasteiger partial charge in [-0.15, -0.1) is 0 Å². The van der Waals surface area contributed by atoms with Crippen LogP contribution in [-0.4, -0.2) is 28.7 Å². The van der Waals surface area contributed by atoms with E-state index in [4.69, 9.17) is 10.5 Å². The number of pyridine rings is 1. The number of ether oxygens (including phenoxy) is 1. The maximum Gasteiger partial charge on any atom is 0.326 e. The highest BCUT2D eigenvalue weighted by molar-refractivity contribution is 5.76. The molecule has 3 N–H and O–H groups in total. The number of nitrogens with two attached hydrogens (primary N) is 1. The highest BCUT2D eigenvalue weighted by Gasteiger charge is 2.25. The van der Waals surface area contributed by atoms with Gasteiger partial charge in [0.05, 0.1) is 12.3 Å². The Labute approximate surface area is 87.9 Å². The molecule has 0 saturated carbocycles. The number of carbonyl (C=O) groups is 1. The van der Waals surface area contributed by atoms with Gasteiger partial charge in [-0.2, -0.15) is 0 Å². The van der Waals surface area contributed by atoms with Crippen LogP contribution in [-0.2, 0) is 9.53 Å². The van der Waals surface area contributed by atoms with Gasteiger partial charge >= 0.3 is 5.97 Å². The second kappa shape index (κ2) is 5.43. The van der Waals surface area contributed by atoms with E-state index in [-0.39, 0.29) is 6.61 Å². The van der Waals surface area contributed by atoms with Gasteiger partial charge in [-0.1, -0.05) is 6.07 Å². The summed E-state index contributed by atoms with van der Waals surface area (Å²) in [6.45, 7) is 1.92. The monoisotopic (exact) mass is 210 g/mol. The van der Waals surface area contributed by atoms with E-state index in [1.54, 1.807) is 25.1 Å². The minimum Gasteiger partial charge on any atom is -0.465 e. The molecule has 1 aromatic heterocycles. The van der Waals surface area contributed by atoms with Crippen molar-refractivity contribution in [1.29, 1.82) is 0 Å². The number of hydrogen-bond acceptors (Lipinski definition) is 5. The van der Waals surface area contributed by atoms with E-state index in [2.05, 4.69) is 4.98 Å². The first-order valence-corrected chi connectivity index (χ1v) is 4.68. The molecular formula is C10H14N2O3. The van der Waals surface area contributed by atoms with Crippen LogP contribution in [0.25, 0.3) is 0 Å². The third-order valence-electron chi connectivity index (χ3n) is 1.89. The van der Waals surface area contributed by atoms with E-state index in [0.29, 0.717) is 5.69 Å². The molecule has 0 aromatic carbocycles. The van der Waals surface area contributed by atoms with Gasteiger partial charge < -0.3 is 15.6 Å². The van der Waals surface area contributed by atoms with Gasteiger partial charge in [0.1, 0.15) is 12.1 Å². The van der Waals surface area contributed by atoms with Crippen molar-refractivity contribution in [1.82, 2.24) is 4.98 Å². The number of hydrogen-bond donors (Lipinski definition) is 2. The molecule has 1 rings (SSSR count). The van der Waals surface area contributed by atoms with Gasteiger partial charge in [-0.05, 0) is 19.1 Å². The average molecular weight is 210 g/mol. The molecule has 5 nitrogen and oxygen atoms in total. The molecule has 2 atom stereocenters. The lowest BCUT2D eigenvalue weighted by Gasteiger charge is -2.16. The molecule has 82 valence electrons. The van der Waals surface area contributed by atoms with E-state index in [0.717, 1.165) is 0 Å². The van der Waals surface area contributed by atoms with Crippen molar-refractivity contribution in [2.75, 3.05) is 6.61 Å². The predicted molar refractivity (Wildman–Crippen MR) is 53.8 cm³/mol. The van der Waals surface area contributed by atoms with E-state index in [1.165, 1.54) is 6.20 Å². The number of aromatic nitrogens is 1. The third-order valence-corrected chi connectivity index (χ3v) is 1.89. The smallest absolute Gasteiger partial charge is 0.326 e. The van der Waals surface area contributed by atoms with Crippen molar-refractivity contribution < 1.29 is 14.6 Å². The number of rotatable bonds is 4. The summed E-state index contributed by atoms with van der Waals surface area (Å²) in [5.74, 6) is -0.629. The first-order valence-electron chi connectivity index (χ1n) is 4.68. The summed E-state index contributed by atoms with van der Waals surface area (Å²) < 4.78 is 4.69. The van der Waals surface area contributed by atoms with E-state index >= 15 is 0 Å². The van der Waals surface area contributed by atoms with Crippen molar-refractivity contribution in [2.24, 2.45) is 5.73 Å². The zero-order chi connectivity index (χ0) is 11.3. The van der Waals surface area contributed by atoms with Crippen LogP contribution in [0.2, 0.25) is 0 Å². The molecule has 5 heteroatoms. The zero-order valence-corrected chi connectivity index (χ0v) is 8.46. The first-order chi connectivity index (χ1) is 7.16. The molecule has 0 aliphatic heterocycles. The summed E-state index contributed by atoms with van der Waals surface area (Å²) in [5, 5.41) is 9.70. The fraction of sp³-hybridized carbons (Fsp3) is 0.400. The van der Waals surface area contributed by atoms with Crippen LogP contribution in [0.4, 0.5) is 0 Å². The summed E-state index contributed by atoms with van der Waals surface area (Å²) in [7, 11) is 0. The molecule has 0 aliphatic carbocycles. The maximum atomic E-state index is 11.2. The number of aliphatic hydroxyl groups is 1. The van der Waals surface area contributed by atoms with Gasteiger partial charge in [-0.25, -0.2) is 0 Å². The Bertz CT molecular complexity index is 316. The molecule has 15 heavy (non-hydrogen) atoms. The van der Waals surface area contributed by atoms with Gasteiger partial charge in [-0.3, -0.25) is 9.78 Å². The van der Waals surface area contributed by atoms with Crippen LogP contribution in [0.15, 0.2) is 24.4 Å². The van der Waals surface area contributed by atoms with E-state index in [1.807, 2.05) is 0 Å². The Morgan fingerprint density at radius 1 is 1.67 bits per heavy atom. The molecule has 0 amide bonds. The molecule has 0 saturated heterocycles. The van der Waals surface area contributed by atoms with Crippen molar-refractivity contribution in [3.05, 3.63) is 30.1 Å². The van der Waals surface area contributed by atoms with Crippen molar-refractivity contribution in [2.45, 2.75) is 19.1 Å². The molecule has 1 aromatic rings. The summed E-state index contributed by atoms with van der Waals surface area (Å²) in [5.41, 5.74) is 5.87. The average Bonchev–Trinajstić information content (AvgIpc) is 2.28. The van der Waals surface area contributed by atoms with Gasteiger partial charge in [0.2, 0.25) is 0 Å². The molecular weight excluding hydrogens is 196 g/mol. The highest BCUT2D eigenvalue weighted by atomic mass is 16.5. The van der Waals surface area contributed by atoms with E-state index < -0.39 is 18.1 Å². The quantitative estimate of drug-likeness (QED) is 0.683. The zero-order valence-electron chi connectivity index (χ0n) is 8.46. The van der Waals surface area contributed by atoms with Crippen LogP contribution in [0.3, 0.4) is 0 Å². The number of carbonyl (C=O) groups excluding carboxylic acids is 1. The Morgan fingerprint density at radius 2 is 2.40 bits per heavy atom. The Hall–Kier alpha value is -1.46. The minimum absolute atomic E-state index is 0.238. The van der Waals surface area contributed by atoms with Crippen LogP contribution < -0.4 is 5.73 Å². The third kappa shape index (κ3) is 3.00. The Balaban J connectivity index is 2.68. The lowest BCUT2D eigenvalue weighted by Crippen LogP contribution is -2.38. The van der Waals surface area contributed by atoms with Crippen LogP contribution in [0, 0.1) is 0 Å². The topological polar surface area (TPSA) is 85.4 Å². The highest BCUT2D eigenvalue weighted by Crippen LogP contribution is 2.13.